The molecule has 0 N–H and O–H groups in total. The van der Waals surface area contributed by atoms with E-state index in [0.29, 0.717) is 17.6 Å². The van der Waals surface area contributed by atoms with Gasteiger partial charge in [-0.15, -0.1) is 0 Å². The van der Waals surface area contributed by atoms with E-state index in [0.717, 1.165) is 66.2 Å². The van der Waals surface area contributed by atoms with E-state index in [9.17, 15) is 0 Å². The fourth-order valence-corrected chi connectivity index (χ4v) is 9.02. The van der Waals surface area contributed by atoms with Crippen molar-refractivity contribution in [3.8, 4) is 56.7 Å². The summed E-state index contributed by atoms with van der Waals surface area (Å²) in [6.07, 6.45) is 0. The van der Waals surface area contributed by atoms with Gasteiger partial charge in [-0.1, -0.05) is 176 Å². The summed E-state index contributed by atoms with van der Waals surface area (Å²) >= 11 is 0. The molecule has 60 heavy (non-hydrogen) atoms. The molecule has 12 aromatic rings. The van der Waals surface area contributed by atoms with Crippen LogP contribution in [0.25, 0.3) is 111 Å². The van der Waals surface area contributed by atoms with Crippen LogP contribution in [-0.2, 0) is 0 Å². The Morgan fingerprint density at radius 2 is 0.833 bits per heavy atom. The summed E-state index contributed by atoms with van der Waals surface area (Å²) in [6, 6.07) is 75.0. The van der Waals surface area contributed by atoms with Gasteiger partial charge in [-0.25, -0.2) is 4.98 Å². The smallest absolute Gasteiger partial charge is 0.238 e. The SMILES string of the molecule is c1ccc(-c2ccc(-n3c4ccccc4c4c5c6ccc7ccccc7c6n(-c6nc(-c7ccccc7)nc(-c7cccc(-c8ccccc8)c7)n6)c5ccc43)cc2)cc1. The molecule has 0 aliphatic heterocycles. The maximum Gasteiger partial charge on any atom is 0.238 e. The summed E-state index contributed by atoms with van der Waals surface area (Å²) in [5, 5.41) is 6.98. The lowest BCUT2D eigenvalue weighted by Gasteiger charge is -2.12. The van der Waals surface area contributed by atoms with Crippen molar-refractivity contribution in [2.45, 2.75) is 0 Å². The molecule has 0 amide bonds. The topological polar surface area (TPSA) is 48.5 Å². The third-order valence-corrected chi connectivity index (χ3v) is 11.8. The van der Waals surface area contributed by atoms with Crippen LogP contribution in [0.3, 0.4) is 0 Å². The maximum absolute atomic E-state index is 5.38. The van der Waals surface area contributed by atoms with Gasteiger partial charge in [0.25, 0.3) is 0 Å². The molecule has 0 aliphatic rings. The first-order chi connectivity index (χ1) is 29.8. The van der Waals surface area contributed by atoms with Gasteiger partial charge in [0.05, 0.1) is 22.1 Å². The Morgan fingerprint density at radius 1 is 0.300 bits per heavy atom. The quantitative estimate of drug-likeness (QED) is 0.169. The first kappa shape index (κ1) is 33.9. The van der Waals surface area contributed by atoms with E-state index in [2.05, 4.69) is 197 Å². The summed E-state index contributed by atoms with van der Waals surface area (Å²) in [5.41, 5.74) is 12.0. The van der Waals surface area contributed by atoms with E-state index in [-0.39, 0.29) is 0 Å². The van der Waals surface area contributed by atoms with Crippen LogP contribution in [0.5, 0.6) is 0 Å². The van der Waals surface area contributed by atoms with Crippen LogP contribution in [0.4, 0.5) is 0 Å². The van der Waals surface area contributed by atoms with Gasteiger partial charge in [-0.3, -0.25) is 4.57 Å². The highest BCUT2D eigenvalue weighted by Crippen LogP contribution is 2.44. The van der Waals surface area contributed by atoms with Gasteiger partial charge >= 0.3 is 0 Å². The number of hydrogen-bond donors (Lipinski definition) is 0. The molecule has 12 rings (SSSR count). The fourth-order valence-electron chi connectivity index (χ4n) is 9.02. The summed E-state index contributed by atoms with van der Waals surface area (Å²) < 4.78 is 4.67. The molecule has 0 bridgehead atoms. The Labute approximate surface area is 346 Å². The van der Waals surface area contributed by atoms with E-state index in [4.69, 9.17) is 15.0 Å². The van der Waals surface area contributed by atoms with Crippen LogP contribution in [0.2, 0.25) is 0 Å². The first-order valence-electron chi connectivity index (χ1n) is 20.3. The van der Waals surface area contributed by atoms with Crippen molar-refractivity contribution in [2.75, 3.05) is 0 Å². The average molecular weight is 766 g/mol. The summed E-state index contributed by atoms with van der Waals surface area (Å²) in [6.45, 7) is 0. The molecule has 0 saturated heterocycles. The lowest BCUT2D eigenvalue weighted by molar-refractivity contribution is 0.955. The summed E-state index contributed by atoms with van der Waals surface area (Å²) in [4.78, 5) is 15.9. The molecule has 0 atom stereocenters. The zero-order chi connectivity index (χ0) is 39.6. The van der Waals surface area contributed by atoms with Gasteiger partial charge in [-0.2, -0.15) is 9.97 Å². The van der Waals surface area contributed by atoms with E-state index in [1.165, 1.54) is 27.3 Å². The Bertz CT molecular complexity index is 3570. The largest absolute Gasteiger partial charge is 0.309 e. The van der Waals surface area contributed by atoms with Crippen LogP contribution >= 0.6 is 0 Å². The van der Waals surface area contributed by atoms with Gasteiger partial charge in [0.1, 0.15) is 0 Å². The predicted molar refractivity (Wildman–Crippen MR) is 248 cm³/mol. The van der Waals surface area contributed by atoms with Crippen molar-refractivity contribution >= 4 is 54.4 Å². The molecule has 0 spiro atoms. The first-order valence-corrected chi connectivity index (χ1v) is 20.3. The molecule has 0 unspecified atom stereocenters. The van der Waals surface area contributed by atoms with Crippen molar-refractivity contribution in [1.29, 1.82) is 0 Å². The zero-order valence-electron chi connectivity index (χ0n) is 32.4. The van der Waals surface area contributed by atoms with Crippen LogP contribution in [-0.4, -0.2) is 24.1 Å². The molecule has 3 aromatic heterocycles. The van der Waals surface area contributed by atoms with E-state index in [1.54, 1.807) is 0 Å². The minimum absolute atomic E-state index is 0.569. The molecule has 0 aliphatic carbocycles. The van der Waals surface area contributed by atoms with Crippen molar-refractivity contribution in [2.24, 2.45) is 0 Å². The predicted octanol–water partition coefficient (Wildman–Crippen LogP) is 13.9. The second-order valence-corrected chi connectivity index (χ2v) is 15.2. The Hall–Kier alpha value is -8.15. The van der Waals surface area contributed by atoms with Gasteiger partial charge < -0.3 is 4.57 Å². The van der Waals surface area contributed by atoms with Crippen LogP contribution in [0, 0.1) is 0 Å². The number of para-hydroxylation sites is 1. The minimum atomic E-state index is 0.569. The van der Waals surface area contributed by atoms with E-state index >= 15 is 0 Å². The minimum Gasteiger partial charge on any atom is -0.309 e. The highest BCUT2D eigenvalue weighted by Gasteiger charge is 2.24. The van der Waals surface area contributed by atoms with Gasteiger partial charge in [-0.05, 0) is 64.0 Å². The van der Waals surface area contributed by atoms with E-state index in [1.807, 2.05) is 24.3 Å². The maximum atomic E-state index is 5.38. The van der Waals surface area contributed by atoms with Gasteiger partial charge in [0, 0.05) is 43.7 Å². The molecule has 0 radical (unpaired) electrons. The zero-order valence-corrected chi connectivity index (χ0v) is 32.4. The van der Waals surface area contributed by atoms with Crippen molar-refractivity contribution in [3.05, 3.63) is 212 Å². The lowest BCUT2D eigenvalue weighted by atomic mass is 10.0. The second-order valence-electron chi connectivity index (χ2n) is 15.2. The molecule has 0 saturated carbocycles. The third kappa shape index (κ3) is 5.44. The Morgan fingerprint density at radius 3 is 1.57 bits per heavy atom. The van der Waals surface area contributed by atoms with Crippen molar-refractivity contribution < 1.29 is 0 Å². The molecule has 0 fully saturated rings. The fraction of sp³-hybridized carbons (Fsp3) is 0. The molecular formula is C55H35N5. The number of aromatic nitrogens is 5. The standard InChI is InChI=1S/C55H35N5/c1-4-15-36(16-5-1)38-27-30-43(31-28-38)59-47-26-13-12-25-45(47)50-48(59)33-34-49-51(50)46-32-29-39-19-10-11-24-44(39)52(46)60(49)55-57-53(40-20-8-3-9-21-40)56-54(58-55)42-23-14-22-41(35-42)37-17-6-2-7-18-37/h1-35H. The Balaban J connectivity index is 1.16. The van der Waals surface area contributed by atoms with Gasteiger partial charge in [0.2, 0.25) is 5.95 Å². The molecule has 280 valence electrons. The normalized spacial score (nSPS) is 11.7. The molecular weight excluding hydrogens is 731 g/mol. The molecule has 9 aromatic carbocycles. The number of hydrogen-bond acceptors (Lipinski definition) is 3. The van der Waals surface area contributed by atoms with Crippen molar-refractivity contribution in [3.63, 3.8) is 0 Å². The van der Waals surface area contributed by atoms with Crippen molar-refractivity contribution in [1.82, 2.24) is 24.1 Å². The molecule has 5 nitrogen and oxygen atoms in total. The summed E-state index contributed by atoms with van der Waals surface area (Å²) in [7, 11) is 0. The number of fused-ring (bicyclic) bond motifs is 9. The van der Waals surface area contributed by atoms with Crippen LogP contribution < -0.4 is 0 Å². The molecule has 3 heterocycles. The Kier molecular flexibility index (Phi) is 7.78. The highest BCUT2D eigenvalue weighted by molar-refractivity contribution is 6.31. The lowest BCUT2D eigenvalue weighted by Crippen LogP contribution is -2.06. The number of nitrogens with zero attached hydrogens (tertiary/aromatic N) is 5. The van der Waals surface area contributed by atoms with Crippen LogP contribution in [0.1, 0.15) is 0 Å². The monoisotopic (exact) mass is 765 g/mol. The second kappa shape index (κ2) is 13.8. The molecule has 5 heteroatoms. The average Bonchev–Trinajstić information content (AvgIpc) is 3.86. The summed E-state index contributed by atoms with van der Waals surface area (Å²) in [5.74, 6) is 1.80. The van der Waals surface area contributed by atoms with E-state index < -0.39 is 0 Å². The third-order valence-electron chi connectivity index (χ3n) is 11.8. The van der Waals surface area contributed by atoms with Gasteiger partial charge in [0.15, 0.2) is 11.6 Å². The van der Waals surface area contributed by atoms with Crippen LogP contribution in [0.15, 0.2) is 212 Å². The highest BCUT2D eigenvalue weighted by atomic mass is 15.2. The number of rotatable bonds is 6. The number of benzene rings is 9.